The first-order valence-electron chi connectivity index (χ1n) is 4.09. The molecular formula is C9H18N2O. The van der Waals surface area contributed by atoms with Crippen molar-refractivity contribution in [1.82, 2.24) is 4.90 Å². The fraction of sp³-hybridized carbons (Fsp3) is 0.889. The molecule has 0 aromatic heterocycles. The first kappa shape index (κ1) is 11.4. The number of nitriles is 1. The topological polar surface area (TPSA) is 36.3 Å². The van der Waals surface area contributed by atoms with Crippen LogP contribution in [0.4, 0.5) is 0 Å². The maximum absolute atomic E-state index is 9.08. The fourth-order valence-electron chi connectivity index (χ4n) is 1.29. The molecule has 0 bridgehead atoms. The van der Waals surface area contributed by atoms with Gasteiger partial charge in [0.1, 0.15) is 5.54 Å². The summed E-state index contributed by atoms with van der Waals surface area (Å²) in [6.07, 6.45) is 0. The maximum atomic E-state index is 9.08. The van der Waals surface area contributed by atoms with Crippen molar-refractivity contribution in [1.29, 1.82) is 5.26 Å². The summed E-state index contributed by atoms with van der Waals surface area (Å²) in [5, 5.41) is 9.08. The summed E-state index contributed by atoms with van der Waals surface area (Å²) in [7, 11) is 5.43. The van der Waals surface area contributed by atoms with Crippen molar-refractivity contribution in [3.63, 3.8) is 0 Å². The molecule has 0 heterocycles. The lowest BCUT2D eigenvalue weighted by Gasteiger charge is -2.36. The summed E-state index contributed by atoms with van der Waals surface area (Å²) in [6, 6.07) is 2.32. The van der Waals surface area contributed by atoms with Gasteiger partial charge in [-0.05, 0) is 20.0 Å². The fourth-order valence-corrected chi connectivity index (χ4v) is 1.29. The highest BCUT2D eigenvalue weighted by Gasteiger charge is 2.36. The van der Waals surface area contributed by atoms with Crippen LogP contribution in [0.2, 0.25) is 0 Å². The minimum Gasteiger partial charge on any atom is -0.382 e. The van der Waals surface area contributed by atoms with Gasteiger partial charge in [-0.1, -0.05) is 13.8 Å². The highest BCUT2D eigenvalue weighted by Crippen LogP contribution is 2.21. The Morgan fingerprint density at radius 2 is 2.00 bits per heavy atom. The summed E-state index contributed by atoms with van der Waals surface area (Å²) in [6.45, 7) is 4.51. The van der Waals surface area contributed by atoms with Crippen molar-refractivity contribution < 1.29 is 4.74 Å². The molecule has 0 amide bonds. The Morgan fingerprint density at radius 3 is 2.08 bits per heavy atom. The van der Waals surface area contributed by atoms with Crippen molar-refractivity contribution in [2.24, 2.45) is 5.92 Å². The number of nitrogens with zero attached hydrogens (tertiary/aromatic N) is 2. The first-order chi connectivity index (χ1) is 5.51. The summed E-state index contributed by atoms with van der Waals surface area (Å²) < 4.78 is 5.06. The zero-order chi connectivity index (χ0) is 9.78. The first-order valence-corrected chi connectivity index (χ1v) is 4.09. The summed E-state index contributed by atoms with van der Waals surface area (Å²) in [5.41, 5.74) is -0.491. The predicted molar refractivity (Wildman–Crippen MR) is 48.7 cm³/mol. The molecule has 1 atom stereocenters. The zero-order valence-electron chi connectivity index (χ0n) is 8.59. The van der Waals surface area contributed by atoms with Crippen LogP contribution in [0.1, 0.15) is 13.8 Å². The van der Waals surface area contributed by atoms with Gasteiger partial charge in [0.05, 0.1) is 12.7 Å². The molecule has 1 unspecified atom stereocenters. The average molecular weight is 170 g/mol. The third kappa shape index (κ3) is 1.96. The Hall–Kier alpha value is -0.590. The van der Waals surface area contributed by atoms with Crippen LogP contribution < -0.4 is 0 Å². The molecule has 70 valence electrons. The van der Waals surface area contributed by atoms with Gasteiger partial charge in [-0.25, -0.2) is 0 Å². The molecule has 0 aromatic carbocycles. The number of methoxy groups -OCH3 is 1. The van der Waals surface area contributed by atoms with E-state index < -0.39 is 5.54 Å². The third-order valence-corrected chi connectivity index (χ3v) is 2.31. The van der Waals surface area contributed by atoms with Gasteiger partial charge in [0.15, 0.2) is 0 Å². The van der Waals surface area contributed by atoms with Gasteiger partial charge < -0.3 is 4.74 Å². The van der Waals surface area contributed by atoms with Gasteiger partial charge in [-0.3, -0.25) is 4.90 Å². The van der Waals surface area contributed by atoms with E-state index in [0.29, 0.717) is 6.61 Å². The van der Waals surface area contributed by atoms with E-state index in [-0.39, 0.29) is 5.92 Å². The van der Waals surface area contributed by atoms with E-state index in [4.69, 9.17) is 10.00 Å². The Bertz CT molecular complexity index is 162. The van der Waals surface area contributed by atoms with Crippen molar-refractivity contribution in [2.75, 3.05) is 27.8 Å². The number of hydrogen-bond donors (Lipinski definition) is 0. The molecule has 0 aliphatic carbocycles. The Morgan fingerprint density at radius 1 is 1.50 bits per heavy atom. The van der Waals surface area contributed by atoms with E-state index in [9.17, 15) is 0 Å². The van der Waals surface area contributed by atoms with Crippen LogP contribution in [0.15, 0.2) is 0 Å². The summed E-state index contributed by atoms with van der Waals surface area (Å²) >= 11 is 0. The number of rotatable bonds is 4. The lowest BCUT2D eigenvalue weighted by atomic mass is 9.87. The largest absolute Gasteiger partial charge is 0.382 e. The molecule has 0 fully saturated rings. The van der Waals surface area contributed by atoms with E-state index in [1.165, 1.54) is 0 Å². The molecule has 0 saturated carbocycles. The van der Waals surface area contributed by atoms with Crippen LogP contribution in [-0.2, 0) is 4.74 Å². The quantitative estimate of drug-likeness (QED) is 0.634. The molecule has 0 saturated heterocycles. The van der Waals surface area contributed by atoms with Crippen LogP contribution in [0.3, 0.4) is 0 Å². The maximum Gasteiger partial charge on any atom is 0.134 e. The van der Waals surface area contributed by atoms with Gasteiger partial charge >= 0.3 is 0 Å². The van der Waals surface area contributed by atoms with Crippen LogP contribution in [-0.4, -0.2) is 38.3 Å². The molecule has 0 spiro atoms. The smallest absolute Gasteiger partial charge is 0.134 e. The molecule has 0 aromatic rings. The second-order valence-corrected chi connectivity index (χ2v) is 3.52. The Balaban J connectivity index is 4.67. The molecule has 0 N–H and O–H groups in total. The van der Waals surface area contributed by atoms with E-state index in [1.807, 2.05) is 32.8 Å². The van der Waals surface area contributed by atoms with Gasteiger partial charge in [0.25, 0.3) is 0 Å². The second kappa shape index (κ2) is 4.44. The minimum atomic E-state index is -0.491. The minimum absolute atomic E-state index is 0.262. The molecule has 0 aliphatic rings. The number of ether oxygens (including phenoxy) is 1. The van der Waals surface area contributed by atoms with E-state index in [2.05, 4.69) is 6.07 Å². The molecular weight excluding hydrogens is 152 g/mol. The van der Waals surface area contributed by atoms with Crippen molar-refractivity contribution in [2.45, 2.75) is 19.4 Å². The zero-order valence-corrected chi connectivity index (χ0v) is 8.59. The highest BCUT2D eigenvalue weighted by atomic mass is 16.5. The molecule has 0 radical (unpaired) electrons. The molecule has 3 nitrogen and oxygen atoms in total. The van der Waals surface area contributed by atoms with E-state index in [0.717, 1.165) is 0 Å². The van der Waals surface area contributed by atoms with Crippen molar-refractivity contribution >= 4 is 0 Å². The SMILES string of the molecule is COCC(C#N)(C(C)C)N(C)C. The Labute approximate surface area is 74.9 Å². The van der Waals surface area contributed by atoms with Crippen LogP contribution >= 0.6 is 0 Å². The molecule has 12 heavy (non-hydrogen) atoms. The van der Waals surface area contributed by atoms with Gasteiger partial charge in [0, 0.05) is 7.11 Å². The lowest BCUT2D eigenvalue weighted by molar-refractivity contribution is 0.0475. The third-order valence-electron chi connectivity index (χ3n) is 2.31. The summed E-state index contributed by atoms with van der Waals surface area (Å²) in [5.74, 6) is 0.262. The van der Waals surface area contributed by atoms with Crippen molar-refractivity contribution in [3.8, 4) is 6.07 Å². The number of hydrogen-bond acceptors (Lipinski definition) is 3. The highest BCUT2D eigenvalue weighted by molar-refractivity contribution is 5.09. The normalized spacial score (nSPS) is 16.2. The van der Waals surface area contributed by atoms with Crippen LogP contribution in [0, 0.1) is 17.2 Å². The van der Waals surface area contributed by atoms with Gasteiger partial charge in [-0.2, -0.15) is 5.26 Å². The van der Waals surface area contributed by atoms with E-state index in [1.54, 1.807) is 7.11 Å². The second-order valence-electron chi connectivity index (χ2n) is 3.52. The average Bonchev–Trinajstić information content (AvgIpc) is 1.98. The van der Waals surface area contributed by atoms with E-state index >= 15 is 0 Å². The predicted octanol–water partition coefficient (Wildman–Crippen LogP) is 1.11. The van der Waals surface area contributed by atoms with Crippen LogP contribution in [0.5, 0.6) is 0 Å². The van der Waals surface area contributed by atoms with Crippen LogP contribution in [0.25, 0.3) is 0 Å². The monoisotopic (exact) mass is 170 g/mol. The lowest BCUT2D eigenvalue weighted by Crippen LogP contribution is -2.51. The molecule has 0 aliphatic heterocycles. The summed E-state index contributed by atoms with van der Waals surface area (Å²) in [4.78, 5) is 1.92. The standard InChI is InChI=1S/C9H18N2O/c1-8(2)9(6-10,7-12-5)11(3)4/h8H,7H2,1-5H3. The molecule has 0 rings (SSSR count). The van der Waals surface area contributed by atoms with Crippen molar-refractivity contribution in [3.05, 3.63) is 0 Å². The molecule has 3 heteroatoms. The van der Waals surface area contributed by atoms with Gasteiger partial charge in [-0.15, -0.1) is 0 Å². The Kier molecular flexibility index (Phi) is 4.22. The van der Waals surface area contributed by atoms with Gasteiger partial charge in [0.2, 0.25) is 0 Å². The number of likely N-dealkylation sites (N-methyl/N-ethyl adjacent to an activating group) is 1.